The zero-order chi connectivity index (χ0) is 22.2. The Labute approximate surface area is 187 Å². The van der Waals surface area contributed by atoms with Crippen LogP contribution in [0.15, 0.2) is 24.3 Å². The molecule has 8 heteroatoms. The number of aryl methyl sites for hydroxylation is 1. The number of fused-ring (bicyclic) bond motifs is 2. The van der Waals surface area contributed by atoms with Gasteiger partial charge in [0.05, 0.1) is 11.4 Å². The highest BCUT2D eigenvalue weighted by Crippen LogP contribution is 2.37. The van der Waals surface area contributed by atoms with Crippen molar-refractivity contribution in [3.63, 3.8) is 0 Å². The number of hydrogen-bond acceptors (Lipinski definition) is 5. The zero-order valence-electron chi connectivity index (χ0n) is 18.3. The fourth-order valence-electron chi connectivity index (χ4n) is 4.65. The molecular formula is C23H31N3O4S. The number of hydrogen-bond donors (Lipinski definition) is 2. The second-order valence-corrected chi connectivity index (χ2v) is 10.7. The molecule has 0 saturated carbocycles. The normalized spacial score (nSPS) is 27.8. The minimum absolute atomic E-state index is 0.0152. The molecule has 31 heavy (non-hydrogen) atoms. The first kappa shape index (κ1) is 22.0. The van der Waals surface area contributed by atoms with Crippen LogP contribution in [0.1, 0.15) is 63.6 Å². The van der Waals surface area contributed by atoms with Crippen molar-refractivity contribution in [2.24, 2.45) is 0 Å². The summed E-state index contributed by atoms with van der Waals surface area (Å²) >= 11 is 1.65. The van der Waals surface area contributed by atoms with Crippen molar-refractivity contribution in [1.82, 2.24) is 15.5 Å². The minimum atomic E-state index is -0.657. The molecule has 1 aromatic rings. The Balaban J connectivity index is 1.42. The first-order chi connectivity index (χ1) is 14.7. The number of carbonyl (C=O) groups excluding carboxylic acids is 3. The molecule has 0 bridgehead atoms. The molecule has 1 aliphatic carbocycles. The first-order valence-electron chi connectivity index (χ1n) is 11.0. The number of ether oxygens (including phenoxy) is 1. The summed E-state index contributed by atoms with van der Waals surface area (Å²) in [7, 11) is 0. The molecule has 2 heterocycles. The van der Waals surface area contributed by atoms with Crippen molar-refractivity contribution in [3.8, 4) is 0 Å². The molecule has 3 aliphatic rings. The van der Waals surface area contributed by atoms with Crippen molar-refractivity contribution < 1.29 is 19.1 Å². The minimum Gasteiger partial charge on any atom is -0.444 e. The number of thioether (sulfide) groups is 1. The number of rotatable bonds is 3. The van der Waals surface area contributed by atoms with E-state index in [9.17, 15) is 14.4 Å². The van der Waals surface area contributed by atoms with Gasteiger partial charge in [0, 0.05) is 5.75 Å². The quantitative estimate of drug-likeness (QED) is 0.746. The second kappa shape index (κ2) is 8.73. The maximum Gasteiger partial charge on any atom is 0.408 e. The Hall–Kier alpha value is -2.22. The third-order valence-electron chi connectivity index (χ3n) is 6.03. The van der Waals surface area contributed by atoms with Crippen LogP contribution in [0.25, 0.3) is 0 Å². The number of benzene rings is 1. The second-order valence-electron chi connectivity index (χ2n) is 9.48. The van der Waals surface area contributed by atoms with Gasteiger partial charge >= 0.3 is 6.09 Å². The van der Waals surface area contributed by atoms with E-state index in [0.717, 1.165) is 25.7 Å². The lowest BCUT2D eigenvalue weighted by Gasteiger charge is -2.37. The standard InChI is InChI=1S/C23H31N3O4S/c1-23(2,3)30-22(29)25-17-11-12-19-26(21(17)28)18(13-31-19)20(27)24-16-10-6-8-14-7-4-5-9-15(14)16/h4-5,7,9,16-19H,6,8,10-13H2,1-3H3,(H,24,27)(H,25,29). The number of alkyl carbamates (subject to hydrolysis) is 1. The van der Waals surface area contributed by atoms with E-state index in [1.165, 1.54) is 11.1 Å². The fourth-order valence-corrected chi connectivity index (χ4v) is 6.08. The Morgan fingerprint density at radius 3 is 2.65 bits per heavy atom. The van der Waals surface area contributed by atoms with E-state index >= 15 is 0 Å². The molecule has 4 atom stereocenters. The Kier molecular flexibility index (Phi) is 6.19. The molecule has 4 rings (SSSR count). The topological polar surface area (TPSA) is 87.7 Å². The van der Waals surface area contributed by atoms with Crippen molar-refractivity contribution in [3.05, 3.63) is 35.4 Å². The van der Waals surface area contributed by atoms with E-state index in [4.69, 9.17) is 4.74 Å². The summed E-state index contributed by atoms with van der Waals surface area (Å²) in [6, 6.07) is 7.05. The lowest BCUT2D eigenvalue weighted by atomic mass is 9.87. The Morgan fingerprint density at radius 2 is 1.87 bits per heavy atom. The van der Waals surface area contributed by atoms with Gasteiger partial charge in [-0.2, -0.15) is 0 Å². The van der Waals surface area contributed by atoms with Crippen LogP contribution in [0.5, 0.6) is 0 Å². The molecule has 0 radical (unpaired) electrons. The molecule has 2 fully saturated rings. The van der Waals surface area contributed by atoms with Crippen LogP contribution >= 0.6 is 11.8 Å². The summed E-state index contributed by atoms with van der Waals surface area (Å²) in [4.78, 5) is 40.2. The molecule has 2 saturated heterocycles. The van der Waals surface area contributed by atoms with Crippen LogP contribution in [0, 0.1) is 0 Å². The van der Waals surface area contributed by atoms with E-state index in [2.05, 4.69) is 22.8 Å². The van der Waals surface area contributed by atoms with Gasteiger partial charge in [0.1, 0.15) is 17.7 Å². The molecule has 1 aromatic carbocycles. The molecule has 7 nitrogen and oxygen atoms in total. The predicted octanol–water partition coefficient (Wildman–Crippen LogP) is 3.14. The van der Waals surface area contributed by atoms with Crippen LogP contribution in [0.2, 0.25) is 0 Å². The van der Waals surface area contributed by atoms with E-state index in [1.54, 1.807) is 37.4 Å². The van der Waals surface area contributed by atoms with Crippen LogP contribution in [0.4, 0.5) is 4.79 Å². The molecule has 0 spiro atoms. The third-order valence-corrected chi connectivity index (χ3v) is 7.38. The average molecular weight is 446 g/mol. The van der Waals surface area contributed by atoms with Gasteiger partial charge in [-0.25, -0.2) is 4.79 Å². The molecule has 0 aromatic heterocycles. The van der Waals surface area contributed by atoms with Crippen LogP contribution in [-0.2, 0) is 20.7 Å². The average Bonchev–Trinajstić information content (AvgIpc) is 3.14. The van der Waals surface area contributed by atoms with Gasteiger partial charge in [-0.3, -0.25) is 9.59 Å². The van der Waals surface area contributed by atoms with E-state index < -0.39 is 23.8 Å². The Bertz CT molecular complexity index is 869. The number of nitrogens with one attached hydrogen (secondary N) is 2. The summed E-state index contributed by atoms with van der Waals surface area (Å²) in [5, 5.41) is 5.88. The van der Waals surface area contributed by atoms with Gasteiger partial charge in [-0.05, 0) is 64.0 Å². The smallest absolute Gasteiger partial charge is 0.408 e. The molecule has 4 unspecified atom stereocenters. The predicted molar refractivity (Wildman–Crippen MR) is 120 cm³/mol. The van der Waals surface area contributed by atoms with Crippen molar-refractivity contribution in [2.75, 3.05) is 5.75 Å². The van der Waals surface area contributed by atoms with Crippen LogP contribution in [0.3, 0.4) is 0 Å². The van der Waals surface area contributed by atoms with Gasteiger partial charge in [0.15, 0.2) is 0 Å². The number of carbonyl (C=O) groups is 3. The molecule has 2 aliphatic heterocycles. The number of piperidine rings is 1. The SMILES string of the molecule is CC(C)(C)OC(=O)NC1CCC2SCC(C(=O)NC3CCCc4ccccc43)N2C1=O. The summed E-state index contributed by atoms with van der Waals surface area (Å²) in [5.41, 5.74) is 1.83. The zero-order valence-corrected chi connectivity index (χ0v) is 19.2. The van der Waals surface area contributed by atoms with E-state index in [0.29, 0.717) is 12.2 Å². The molecule has 2 N–H and O–H groups in total. The molecular weight excluding hydrogens is 414 g/mol. The van der Waals surface area contributed by atoms with Gasteiger partial charge in [0.2, 0.25) is 11.8 Å². The highest BCUT2D eigenvalue weighted by molar-refractivity contribution is 8.00. The monoisotopic (exact) mass is 445 g/mol. The number of nitrogens with zero attached hydrogens (tertiary/aromatic N) is 1. The van der Waals surface area contributed by atoms with Gasteiger partial charge in [0.25, 0.3) is 0 Å². The van der Waals surface area contributed by atoms with Crippen LogP contribution in [-0.4, -0.2) is 51.6 Å². The summed E-state index contributed by atoms with van der Waals surface area (Å²) < 4.78 is 5.30. The largest absolute Gasteiger partial charge is 0.444 e. The summed E-state index contributed by atoms with van der Waals surface area (Å²) in [6.07, 6.45) is 3.67. The first-order valence-corrected chi connectivity index (χ1v) is 12.1. The summed E-state index contributed by atoms with van der Waals surface area (Å²) in [6.45, 7) is 5.35. The highest BCUT2D eigenvalue weighted by Gasteiger charge is 2.47. The van der Waals surface area contributed by atoms with Gasteiger partial charge in [-0.1, -0.05) is 24.3 Å². The van der Waals surface area contributed by atoms with Gasteiger partial charge in [-0.15, -0.1) is 11.8 Å². The molecule has 3 amide bonds. The van der Waals surface area contributed by atoms with Crippen molar-refractivity contribution in [1.29, 1.82) is 0 Å². The number of amides is 3. The maximum absolute atomic E-state index is 13.2. The van der Waals surface area contributed by atoms with Crippen LogP contribution < -0.4 is 10.6 Å². The lowest BCUT2D eigenvalue weighted by molar-refractivity contribution is -0.144. The van der Waals surface area contributed by atoms with Crippen molar-refractivity contribution in [2.45, 2.75) is 82.0 Å². The summed E-state index contributed by atoms with van der Waals surface area (Å²) in [5.74, 6) is 0.273. The fraction of sp³-hybridized carbons (Fsp3) is 0.609. The highest BCUT2D eigenvalue weighted by atomic mass is 32.2. The third kappa shape index (κ3) is 4.84. The van der Waals surface area contributed by atoms with Crippen molar-refractivity contribution >= 4 is 29.7 Å². The van der Waals surface area contributed by atoms with E-state index in [1.807, 2.05) is 12.1 Å². The maximum atomic E-state index is 13.2. The Morgan fingerprint density at radius 1 is 1.10 bits per heavy atom. The van der Waals surface area contributed by atoms with E-state index in [-0.39, 0.29) is 23.2 Å². The van der Waals surface area contributed by atoms with Gasteiger partial charge < -0.3 is 20.3 Å². The molecule has 168 valence electrons. The lowest BCUT2D eigenvalue weighted by Crippen LogP contribution is -2.59.